The van der Waals surface area contributed by atoms with E-state index in [1.54, 1.807) is 0 Å². The Morgan fingerprint density at radius 3 is 3.07 bits per heavy atom. The van der Waals surface area contributed by atoms with Gasteiger partial charge in [-0.25, -0.2) is 4.79 Å². The number of nitrogens with one attached hydrogen (secondary N) is 1. The molecule has 14 heavy (non-hydrogen) atoms. The number of carbonyl (C=O) groups excluding carboxylic acids is 1. The first-order chi connectivity index (χ1) is 6.74. The third-order valence-electron chi connectivity index (χ3n) is 2.63. The maximum atomic E-state index is 10.4. The van der Waals surface area contributed by atoms with Crippen molar-refractivity contribution >= 4 is 6.03 Å². The van der Waals surface area contributed by atoms with Crippen molar-refractivity contribution in [2.45, 2.75) is 25.3 Å². The minimum Gasteiger partial charge on any atom is -0.395 e. The summed E-state index contributed by atoms with van der Waals surface area (Å²) in [6.45, 7) is 2.83. The number of carbonyl (C=O) groups is 1. The van der Waals surface area contributed by atoms with Gasteiger partial charge in [0.1, 0.15) is 0 Å². The third kappa shape index (κ3) is 3.51. The van der Waals surface area contributed by atoms with Crippen molar-refractivity contribution in [3.63, 3.8) is 0 Å². The van der Waals surface area contributed by atoms with Crippen LogP contribution in [0.25, 0.3) is 0 Å². The monoisotopic (exact) mass is 201 g/mol. The van der Waals surface area contributed by atoms with Crippen LogP contribution >= 0.6 is 0 Å². The Morgan fingerprint density at radius 1 is 1.64 bits per heavy atom. The van der Waals surface area contributed by atoms with Gasteiger partial charge in [-0.05, 0) is 25.8 Å². The summed E-state index contributed by atoms with van der Waals surface area (Å²) in [5, 5.41) is 11.6. The zero-order chi connectivity index (χ0) is 10.4. The Hall–Kier alpha value is -0.810. The first-order valence-electron chi connectivity index (χ1n) is 5.12. The van der Waals surface area contributed by atoms with Gasteiger partial charge in [-0.2, -0.15) is 0 Å². The summed E-state index contributed by atoms with van der Waals surface area (Å²) in [5.41, 5.74) is 4.94. The summed E-state index contributed by atoms with van der Waals surface area (Å²) in [4.78, 5) is 12.6. The molecule has 1 aliphatic rings. The summed E-state index contributed by atoms with van der Waals surface area (Å²) in [5.74, 6) is 0. The van der Waals surface area contributed by atoms with Gasteiger partial charge in [-0.3, -0.25) is 4.90 Å². The molecule has 0 saturated carbocycles. The molecule has 1 heterocycles. The van der Waals surface area contributed by atoms with Crippen LogP contribution in [0.5, 0.6) is 0 Å². The van der Waals surface area contributed by atoms with Crippen LogP contribution in [-0.4, -0.2) is 48.3 Å². The molecule has 0 aromatic carbocycles. The number of rotatable bonds is 5. The average Bonchev–Trinajstić information content (AvgIpc) is 2.59. The topological polar surface area (TPSA) is 78.6 Å². The highest BCUT2D eigenvalue weighted by Gasteiger charge is 2.22. The molecular formula is C9H19N3O2. The molecule has 2 amide bonds. The van der Waals surface area contributed by atoms with Gasteiger partial charge in [-0.15, -0.1) is 0 Å². The maximum Gasteiger partial charge on any atom is 0.312 e. The molecule has 4 N–H and O–H groups in total. The van der Waals surface area contributed by atoms with Crippen molar-refractivity contribution in [2.24, 2.45) is 5.73 Å². The molecule has 1 saturated heterocycles. The summed E-state index contributed by atoms with van der Waals surface area (Å²) < 4.78 is 0. The molecule has 0 aromatic rings. The first kappa shape index (κ1) is 11.3. The fraction of sp³-hybridized carbons (Fsp3) is 0.889. The highest BCUT2D eigenvalue weighted by molar-refractivity contribution is 5.71. The van der Waals surface area contributed by atoms with E-state index in [2.05, 4.69) is 10.2 Å². The molecule has 82 valence electrons. The van der Waals surface area contributed by atoms with E-state index in [1.165, 1.54) is 0 Å². The van der Waals surface area contributed by atoms with Gasteiger partial charge in [0, 0.05) is 19.1 Å². The molecule has 1 rings (SSSR count). The number of hydrogen-bond acceptors (Lipinski definition) is 3. The van der Waals surface area contributed by atoms with Crippen LogP contribution in [0.15, 0.2) is 0 Å². The Labute approximate surface area is 84.3 Å². The molecule has 0 radical (unpaired) electrons. The molecule has 1 atom stereocenters. The van der Waals surface area contributed by atoms with Crippen molar-refractivity contribution in [3.8, 4) is 0 Å². The number of likely N-dealkylation sites (tertiary alicyclic amines) is 1. The number of primary amides is 1. The number of hydrogen-bond donors (Lipinski definition) is 3. The molecule has 0 bridgehead atoms. The minimum atomic E-state index is -0.467. The van der Waals surface area contributed by atoms with Gasteiger partial charge in [-0.1, -0.05) is 0 Å². The second kappa shape index (κ2) is 5.82. The van der Waals surface area contributed by atoms with E-state index in [-0.39, 0.29) is 6.61 Å². The molecule has 5 nitrogen and oxygen atoms in total. The van der Waals surface area contributed by atoms with E-state index >= 15 is 0 Å². The van der Waals surface area contributed by atoms with E-state index in [1.807, 2.05) is 0 Å². The number of urea groups is 1. The number of aliphatic hydroxyl groups excluding tert-OH is 1. The highest BCUT2D eigenvalue weighted by Crippen LogP contribution is 2.16. The van der Waals surface area contributed by atoms with E-state index in [0.29, 0.717) is 12.6 Å². The molecule has 0 spiro atoms. The van der Waals surface area contributed by atoms with Crippen LogP contribution in [0.2, 0.25) is 0 Å². The molecule has 0 aromatic heterocycles. The largest absolute Gasteiger partial charge is 0.395 e. The Balaban J connectivity index is 2.08. The Bertz CT molecular complexity index is 187. The van der Waals surface area contributed by atoms with Crippen LogP contribution in [-0.2, 0) is 0 Å². The Kier molecular flexibility index (Phi) is 4.69. The Morgan fingerprint density at radius 2 is 2.43 bits per heavy atom. The predicted octanol–water partition coefficient (Wildman–Crippen LogP) is -0.499. The lowest BCUT2D eigenvalue weighted by Gasteiger charge is -2.22. The summed E-state index contributed by atoms with van der Waals surface area (Å²) in [7, 11) is 0. The third-order valence-corrected chi connectivity index (χ3v) is 2.63. The molecule has 1 aliphatic heterocycles. The predicted molar refractivity (Wildman–Crippen MR) is 53.9 cm³/mol. The quantitative estimate of drug-likeness (QED) is 0.525. The van der Waals surface area contributed by atoms with Crippen LogP contribution in [0, 0.1) is 0 Å². The lowest BCUT2D eigenvalue weighted by Crippen LogP contribution is -2.36. The lowest BCUT2D eigenvalue weighted by molar-refractivity contribution is 0.157. The number of nitrogens with zero attached hydrogens (tertiary/aromatic N) is 1. The first-order valence-corrected chi connectivity index (χ1v) is 5.12. The maximum absolute atomic E-state index is 10.4. The molecule has 0 aliphatic carbocycles. The number of aliphatic hydroxyl groups is 1. The zero-order valence-corrected chi connectivity index (χ0v) is 8.41. The van der Waals surface area contributed by atoms with E-state index in [9.17, 15) is 4.79 Å². The summed E-state index contributed by atoms with van der Waals surface area (Å²) in [6.07, 6.45) is 3.13. The zero-order valence-electron chi connectivity index (χ0n) is 8.41. The fourth-order valence-electron chi connectivity index (χ4n) is 1.89. The van der Waals surface area contributed by atoms with Crippen molar-refractivity contribution in [3.05, 3.63) is 0 Å². The van der Waals surface area contributed by atoms with Crippen LogP contribution in [0.3, 0.4) is 0 Å². The van der Waals surface area contributed by atoms with E-state index in [0.717, 1.165) is 32.4 Å². The van der Waals surface area contributed by atoms with Crippen molar-refractivity contribution in [1.82, 2.24) is 10.2 Å². The van der Waals surface area contributed by atoms with Crippen molar-refractivity contribution in [1.29, 1.82) is 0 Å². The lowest BCUT2D eigenvalue weighted by atomic mass is 10.2. The van der Waals surface area contributed by atoms with Crippen LogP contribution < -0.4 is 11.1 Å². The molecular weight excluding hydrogens is 182 g/mol. The van der Waals surface area contributed by atoms with Crippen LogP contribution in [0.4, 0.5) is 4.79 Å². The average molecular weight is 201 g/mol. The number of nitrogens with two attached hydrogens (primary N) is 1. The van der Waals surface area contributed by atoms with Gasteiger partial charge in [0.2, 0.25) is 0 Å². The highest BCUT2D eigenvalue weighted by atomic mass is 16.3. The summed E-state index contributed by atoms with van der Waals surface area (Å²) in [6, 6.07) is -0.145. The second-order valence-corrected chi connectivity index (χ2v) is 3.66. The van der Waals surface area contributed by atoms with E-state index in [4.69, 9.17) is 10.8 Å². The smallest absolute Gasteiger partial charge is 0.312 e. The fourth-order valence-corrected chi connectivity index (χ4v) is 1.89. The summed E-state index contributed by atoms with van der Waals surface area (Å²) >= 11 is 0. The van der Waals surface area contributed by atoms with Gasteiger partial charge in [0.15, 0.2) is 0 Å². The van der Waals surface area contributed by atoms with Crippen molar-refractivity contribution in [2.75, 3.05) is 26.2 Å². The SMILES string of the molecule is NC(=O)NCCCN1CCCC1CO. The van der Waals surface area contributed by atoms with E-state index < -0.39 is 6.03 Å². The van der Waals surface area contributed by atoms with Crippen molar-refractivity contribution < 1.29 is 9.90 Å². The number of amides is 2. The van der Waals surface area contributed by atoms with Crippen LogP contribution in [0.1, 0.15) is 19.3 Å². The molecule has 1 unspecified atom stereocenters. The second-order valence-electron chi connectivity index (χ2n) is 3.66. The standard InChI is InChI=1S/C9H19N3O2/c10-9(14)11-4-2-6-12-5-1-3-8(12)7-13/h8,13H,1-7H2,(H3,10,11,14). The van der Waals surface area contributed by atoms with Gasteiger partial charge >= 0.3 is 6.03 Å². The normalized spacial score (nSPS) is 22.5. The van der Waals surface area contributed by atoms with Gasteiger partial charge < -0.3 is 16.2 Å². The minimum absolute atomic E-state index is 0.239. The molecule has 5 heteroatoms. The molecule has 1 fully saturated rings. The van der Waals surface area contributed by atoms with Gasteiger partial charge in [0.25, 0.3) is 0 Å². The van der Waals surface area contributed by atoms with Gasteiger partial charge in [0.05, 0.1) is 6.61 Å².